The maximum atomic E-state index is 13.0. The molecule has 7 nitrogen and oxygen atoms in total. The number of hydrogen-bond donors (Lipinski definition) is 1. The monoisotopic (exact) mass is 475 g/mol. The number of aromatic nitrogens is 4. The highest BCUT2D eigenvalue weighted by Crippen LogP contribution is 2.26. The molecule has 4 aromatic rings. The lowest BCUT2D eigenvalue weighted by atomic mass is 10.0. The zero-order valence-corrected chi connectivity index (χ0v) is 20.6. The summed E-state index contributed by atoms with van der Waals surface area (Å²) in [5, 5.41) is 3.90. The van der Waals surface area contributed by atoms with Gasteiger partial charge in [-0.25, -0.2) is 9.97 Å². The number of imidazole rings is 2. The van der Waals surface area contributed by atoms with Crippen LogP contribution < -0.4 is 10.1 Å². The van der Waals surface area contributed by atoms with Crippen molar-refractivity contribution in [3.05, 3.63) is 90.3 Å². The Kier molecular flexibility index (Phi) is 7.37. The topological polar surface area (TPSA) is 74.0 Å². The third-order valence-corrected chi connectivity index (χ3v) is 6.59. The van der Waals surface area contributed by atoms with Crippen LogP contribution in [-0.2, 0) is 11.8 Å². The second-order valence-electron chi connectivity index (χ2n) is 8.29. The number of thioether (sulfide) groups is 1. The largest absolute Gasteiger partial charge is 0.497 e. The quantitative estimate of drug-likeness (QED) is 0.354. The Morgan fingerprint density at radius 2 is 1.82 bits per heavy atom. The number of rotatable bonds is 9. The molecule has 0 aliphatic rings. The van der Waals surface area contributed by atoms with Gasteiger partial charge in [0, 0.05) is 37.5 Å². The summed E-state index contributed by atoms with van der Waals surface area (Å²) in [4.78, 5) is 21.9. The molecule has 176 valence electrons. The van der Waals surface area contributed by atoms with Gasteiger partial charge in [0.15, 0.2) is 5.16 Å². The smallest absolute Gasteiger partial charge is 0.231 e. The maximum Gasteiger partial charge on any atom is 0.231 e. The number of amides is 1. The zero-order valence-electron chi connectivity index (χ0n) is 19.8. The molecular formula is C26H29N5O2S. The summed E-state index contributed by atoms with van der Waals surface area (Å²) in [6.45, 7) is 4.35. The van der Waals surface area contributed by atoms with Crippen molar-refractivity contribution in [3.63, 3.8) is 0 Å². The normalized spacial score (nSPS) is 12.0. The van der Waals surface area contributed by atoms with Gasteiger partial charge in [-0.3, -0.25) is 9.36 Å². The van der Waals surface area contributed by atoms with Crippen molar-refractivity contribution >= 4 is 17.7 Å². The first-order chi connectivity index (χ1) is 16.5. The van der Waals surface area contributed by atoms with Gasteiger partial charge in [-0.2, -0.15) is 0 Å². The molecule has 1 N–H and O–H groups in total. The Morgan fingerprint density at radius 1 is 1.06 bits per heavy atom. The van der Waals surface area contributed by atoms with Crippen molar-refractivity contribution in [1.29, 1.82) is 0 Å². The summed E-state index contributed by atoms with van der Waals surface area (Å²) in [6, 6.07) is 15.7. The van der Waals surface area contributed by atoms with Gasteiger partial charge in [0.2, 0.25) is 5.91 Å². The van der Waals surface area contributed by atoms with E-state index in [2.05, 4.69) is 53.4 Å². The minimum atomic E-state index is -0.397. The van der Waals surface area contributed by atoms with Crippen molar-refractivity contribution in [2.75, 3.05) is 12.9 Å². The summed E-state index contributed by atoms with van der Waals surface area (Å²) in [7, 11) is 3.54. The number of nitrogens with zero attached hydrogens (tertiary/aromatic N) is 4. The number of methoxy groups -OCH3 is 1. The molecule has 0 fully saturated rings. The fourth-order valence-corrected chi connectivity index (χ4v) is 4.50. The number of benzene rings is 2. The van der Waals surface area contributed by atoms with Crippen molar-refractivity contribution in [3.8, 4) is 11.4 Å². The third kappa shape index (κ3) is 5.34. The Hall–Kier alpha value is -3.52. The van der Waals surface area contributed by atoms with E-state index in [0.29, 0.717) is 5.92 Å². The van der Waals surface area contributed by atoms with Gasteiger partial charge in [-0.1, -0.05) is 49.9 Å². The number of carbonyl (C=O) groups is 1. The number of ether oxygens (including phenoxy) is 1. The number of carbonyl (C=O) groups excluding carboxylic acids is 1. The standard InChI is InChI=1S/C26H29N5O2S/c1-18(2)19-8-10-21(11-9-19)31-15-13-28-26(31)34-17-23(32)29-24(25-27-12-14-30(25)3)20-6-5-7-22(16-20)33-4/h5-16,18,24H,17H2,1-4H3,(H,29,32)/t24-/m1/s1. The van der Waals surface area contributed by atoms with Gasteiger partial charge in [0.25, 0.3) is 0 Å². The average molecular weight is 476 g/mol. The van der Waals surface area contributed by atoms with Gasteiger partial charge >= 0.3 is 0 Å². The lowest BCUT2D eigenvalue weighted by Gasteiger charge is -2.19. The van der Waals surface area contributed by atoms with E-state index in [-0.39, 0.29) is 11.7 Å². The summed E-state index contributed by atoms with van der Waals surface area (Å²) in [5.41, 5.74) is 3.21. The Labute approximate surface area is 204 Å². The molecule has 8 heteroatoms. The fourth-order valence-electron chi connectivity index (χ4n) is 3.72. The van der Waals surface area contributed by atoms with Crippen LogP contribution in [0.25, 0.3) is 5.69 Å². The molecule has 2 aromatic carbocycles. The Morgan fingerprint density at radius 3 is 2.50 bits per heavy atom. The van der Waals surface area contributed by atoms with E-state index in [1.54, 1.807) is 19.5 Å². The van der Waals surface area contributed by atoms with Crippen LogP contribution in [0.5, 0.6) is 5.75 Å². The van der Waals surface area contributed by atoms with E-state index in [1.807, 2.05) is 52.8 Å². The highest BCUT2D eigenvalue weighted by atomic mass is 32.2. The molecular weight excluding hydrogens is 446 g/mol. The van der Waals surface area contributed by atoms with E-state index in [4.69, 9.17) is 4.74 Å². The number of aryl methyl sites for hydroxylation is 1. The molecule has 0 aliphatic heterocycles. The van der Waals surface area contributed by atoms with Crippen LogP contribution in [0.1, 0.15) is 42.8 Å². The van der Waals surface area contributed by atoms with Gasteiger partial charge in [0.1, 0.15) is 17.6 Å². The first-order valence-corrected chi connectivity index (χ1v) is 12.1. The first-order valence-electron chi connectivity index (χ1n) is 11.1. The van der Waals surface area contributed by atoms with E-state index in [0.717, 1.165) is 28.0 Å². The molecule has 2 heterocycles. The van der Waals surface area contributed by atoms with Crippen molar-refractivity contribution in [2.24, 2.45) is 7.05 Å². The van der Waals surface area contributed by atoms with E-state index < -0.39 is 6.04 Å². The van der Waals surface area contributed by atoms with Gasteiger partial charge < -0.3 is 14.6 Å². The molecule has 1 amide bonds. The second-order valence-corrected chi connectivity index (χ2v) is 9.23. The average Bonchev–Trinajstić information content (AvgIpc) is 3.50. The molecule has 0 bridgehead atoms. The lowest BCUT2D eigenvalue weighted by molar-refractivity contribution is -0.119. The van der Waals surface area contributed by atoms with Crippen molar-refractivity contribution < 1.29 is 9.53 Å². The van der Waals surface area contributed by atoms with Crippen LogP contribution in [0.4, 0.5) is 0 Å². The third-order valence-electron chi connectivity index (χ3n) is 5.63. The predicted octanol–water partition coefficient (Wildman–Crippen LogP) is 4.74. The van der Waals surface area contributed by atoms with Crippen LogP contribution in [-0.4, -0.2) is 37.9 Å². The molecule has 0 saturated carbocycles. The first kappa shape index (κ1) is 23.6. The van der Waals surface area contributed by atoms with Crippen molar-refractivity contribution in [1.82, 2.24) is 24.4 Å². The lowest BCUT2D eigenvalue weighted by Crippen LogP contribution is -2.32. The summed E-state index contributed by atoms with van der Waals surface area (Å²) >= 11 is 1.40. The number of hydrogen-bond acceptors (Lipinski definition) is 5. The van der Waals surface area contributed by atoms with Crippen LogP contribution in [0.15, 0.2) is 78.5 Å². The number of nitrogens with one attached hydrogen (secondary N) is 1. The molecule has 0 saturated heterocycles. The summed E-state index contributed by atoms with van der Waals surface area (Å²) < 4.78 is 9.28. The molecule has 1 atom stereocenters. The maximum absolute atomic E-state index is 13.0. The molecule has 0 radical (unpaired) electrons. The fraction of sp³-hybridized carbons (Fsp3) is 0.269. The van der Waals surface area contributed by atoms with Crippen LogP contribution in [0.2, 0.25) is 0 Å². The molecule has 0 aliphatic carbocycles. The SMILES string of the molecule is COc1cccc([C@@H](NC(=O)CSc2nccn2-c2ccc(C(C)C)cc2)c2nccn2C)c1. The van der Waals surface area contributed by atoms with Crippen molar-refractivity contribution in [2.45, 2.75) is 31.0 Å². The summed E-state index contributed by atoms with van der Waals surface area (Å²) in [6.07, 6.45) is 7.26. The van der Waals surface area contributed by atoms with Crippen LogP contribution in [0, 0.1) is 0 Å². The zero-order chi connectivity index (χ0) is 24.1. The molecule has 4 rings (SSSR count). The highest BCUT2D eigenvalue weighted by Gasteiger charge is 2.22. The highest BCUT2D eigenvalue weighted by molar-refractivity contribution is 7.99. The van der Waals surface area contributed by atoms with E-state index in [9.17, 15) is 4.79 Å². The summed E-state index contributed by atoms with van der Waals surface area (Å²) in [5.74, 6) is 2.08. The Balaban J connectivity index is 1.48. The van der Waals surface area contributed by atoms with Crippen LogP contribution in [0.3, 0.4) is 0 Å². The van der Waals surface area contributed by atoms with E-state index in [1.165, 1.54) is 17.3 Å². The predicted molar refractivity (Wildman–Crippen MR) is 135 cm³/mol. The molecule has 34 heavy (non-hydrogen) atoms. The minimum Gasteiger partial charge on any atom is -0.497 e. The van der Waals surface area contributed by atoms with Gasteiger partial charge in [-0.05, 0) is 41.3 Å². The Bertz CT molecular complexity index is 1250. The minimum absolute atomic E-state index is 0.106. The molecule has 0 unspecified atom stereocenters. The molecule has 0 spiro atoms. The van der Waals surface area contributed by atoms with Gasteiger partial charge in [0.05, 0.1) is 12.9 Å². The molecule has 2 aromatic heterocycles. The van der Waals surface area contributed by atoms with Gasteiger partial charge in [-0.15, -0.1) is 0 Å². The van der Waals surface area contributed by atoms with Crippen LogP contribution >= 0.6 is 11.8 Å². The second kappa shape index (κ2) is 10.6. The van der Waals surface area contributed by atoms with E-state index >= 15 is 0 Å².